The summed E-state index contributed by atoms with van der Waals surface area (Å²) in [6, 6.07) is 1.78. The van der Waals surface area contributed by atoms with Gasteiger partial charge in [0.05, 0.1) is 23.4 Å². The molecule has 1 aromatic carbocycles. The Morgan fingerprint density at radius 3 is 2.14 bits per heavy atom. The molecule has 0 aliphatic heterocycles. The van der Waals surface area contributed by atoms with Gasteiger partial charge in [-0.1, -0.05) is 0 Å². The van der Waals surface area contributed by atoms with E-state index in [-0.39, 0.29) is 28.2 Å². The molecule has 1 atom stereocenters. The minimum Gasteiger partial charge on any atom is -0.433 e. The summed E-state index contributed by atoms with van der Waals surface area (Å²) in [5.74, 6) is -1.48. The molecule has 7 nitrogen and oxygen atoms in total. The SMILES string of the molecule is CC(NC(=O)c1cc(C(F)(F)F)cc(C(F)(F)F)c1)c1nc(Br)nn1-c1ccc(OC(F)F)cn1. The number of pyridine rings is 1. The van der Waals surface area contributed by atoms with Crippen molar-refractivity contribution >= 4 is 21.8 Å². The number of nitrogens with zero attached hydrogens (tertiary/aromatic N) is 4. The molecule has 2 heterocycles. The maximum absolute atomic E-state index is 13.1. The molecule has 35 heavy (non-hydrogen) atoms. The molecule has 2 aromatic heterocycles. The number of nitrogens with one attached hydrogen (secondary N) is 1. The van der Waals surface area contributed by atoms with E-state index >= 15 is 0 Å². The third-order valence-electron chi connectivity index (χ3n) is 4.35. The number of alkyl halides is 8. The molecule has 0 spiro atoms. The number of ether oxygens (including phenoxy) is 1. The molecule has 1 amide bonds. The number of hydrogen-bond acceptors (Lipinski definition) is 5. The van der Waals surface area contributed by atoms with E-state index in [9.17, 15) is 39.9 Å². The predicted molar refractivity (Wildman–Crippen MR) is 106 cm³/mol. The van der Waals surface area contributed by atoms with Crippen molar-refractivity contribution in [2.45, 2.75) is 31.9 Å². The lowest BCUT2D eigenvalue weighted by Crippen LogP contribution is -2.29. The average molecular weight is 574 g/mol. The van der Waals surface area contributed by atoms with Crippen LogP contribution in [0.2, 0.25) is 0 Å². The van der Waals surface area contributed by atoms with Crippen molar-refractivity contribution in [3.63, 3.8) is 0 Å². The van der Waals surface area contributed by atoms with Gasteiger partial charge in [-0.2, -0.15) is 39.8 Å². The summed E-state index contributed by atoms with van der Waals surface area (Å²) in [7, 11) is 0. The van der Waals surface area contributed by atoms with Gasteiger partial charge in [0.15, 0.2) is 11.6 Å². The van der Waals surface area contributed by atoms with Crippen LogP contribution in [0, 0.1) is 0 Å². The molecule has 3 rings (SSSR count). The standard InChI is InChI=1S/C19H12BrF8N5O2/c1-8(14-31-16(20)32-33(14)13-3-2-12(7-29-13)35-17(21)22)30-15(34)9-4-10(18(23,24)25)6-11(5-9)19(26,27)28/h2-8,17H,1H3,(H,30,34). The van der Waals surface area contributed by atoms with Gasteiger partial charge in [-0.15, -0.1) is 5.10 Å². The third-order valence-corrected chi connectivity index (χ3v) is 4.69. The minimum atomic E-state index is -5.13. The average Bonchev–Trinajstić information content (AvgIpc) is 3.14. The van der Waals surface area contributed by atoms with Crippen molar-refractivity contribution in [3.8, 4) is 11.6 Å². The Balaban J connectivity index is 1.90. The van der Waals surface area contributed by atoms with Gasteiger partial charge >= 0.3 is 19.0 Å². The first kappa shape index (κ1) is 26.3. The summed E-state index contributed by atoms with van der Waals surface area (Å²) in [6.07, 6.45) is -9.29. The Hall–Kier alpha value is -3.30. The van der Waals surface area contributed by atoms with E-state index in [0.29, 0.717) is 12.1 Å². The van der Waals surface area contributed by atoms with Crippen LogP contribution in [-0.2, 0) is 12.4 Å². The molecule has 188 valence electrons. The highest BCUT2D eigenvalue weighted by Gasteiger charge is 2.37. The van der Waals surface area contributed by atoms with Gasteiger partial charge in [0, 0.05) is 5.56 Å². The Morgan fingerprint density at radius 2 is 1.66 bits per heavy atom. The largest absolute Gasteiger partial charge is 0.433 e. The van der Waals surface area contributed by atoms with Gasteiger partial charge in [0.25, 0.3) is 5.91 Å². The maximum Gasteiger partial charge on any atom is 0.416 e. The van der Waals surface area contributed by atoms with E-state index in [0.717, 1.165) is 16.9 Å². The minimum absolute atomic E-state index is 0.00160. The van der Waals surface area contributed by atoms with E-state index in [2.05, 4.69) is 41.1 Å². The van der Waals surface area contributed by atoms with Crippen LogP contribution in [0.4, 0.5) is 35.1 Å². The molecule has 0 aliphatic rings. The van der Waals surface area contributed by atoms with Crippen molar-refractivity contribution in [1.29, 1.82) is 0 Å². The molecule has 0 saturated heterocycles. The first-order valence-corrected chi connectivity index (χ1v) is 10.1. The normalized spacial score (nSPS) is 13.1. The maximum atomic E-state index is 13.1. The fraction of sp³-hybridized carbons (Fsp3) is 0.263. The predicted octanol–water partition coefficient (Wildman–Crippen LogP) is 5.55. The van der Waals surface area contributed by atoms with Crippen LogP contribution in [0.3, 0.4) is 0 Å². The van der Waals surface area contributed by atoms with Gasteiger partial charge in [-0.05, 0) is 53.2 Å². The first-order chi connectivity index (χ1) is 16.1. The smallest absolute Gasteiger partial charge is 0.416 e. The number of rotatable bonds is 6. The fourth-order valence-electron chi connectivity index (χ4n) is 2.85. The summed E-state index contributed by atoms with van der Waals surface area (Å²) in [4.78, 5) is 20.5. The number of carbonyl (C=O) groups is 1. The molecular weight excluding hydrogens is 562 g/mol. The highest BCUT2D eigenvalue weighted by Crippen LogP contribution is 2.36. The van der Waals surface area contributed by atoms with Crippen molar-refractivity contribution in [3.05, 3.63) is 63.8 Å². The van der Waals surface area contributed by atoms with E-state index in [1.807, 2.05) is 0 Å². The highest BCUT2D eigenvalue weighted by molar-refractivity contribution is 9.10. The van der Waals surface area contributed by atoms with E-state index in [1.165, 1.54) is 13.0 Å². The monoisotopic (exact) mass is 573 g/mol. The molecule has 0 fully saturated rings. The molecule has 0 radical (unpaired) electrons. The van der Waals surface area contributed by atoms with Crippen LogP contribution in [-0.4, -0.2) is 32.3 Å². The van der Waals surface area contributed by atoms with E-state index < -0.39 is 47.6 Å². The highest BCUT2D eigenvalue weighted by atomic mass is 79.9. The third kappa shape index (κ3) is 6.43. The van der Waals surface area contributed by atoms with Gasteiger partial charge in [0.1, 0.15) is 5.75 Å². The Bertz CT molecular complexity index is 1180. The van der Waals surface area contributed by atoms with E-state index in [4.69, 9.17) is 0 Å². The number of benzene rings is 1. The van der Waals surface area contributed by atoms with Crippen LogP contribution in [0.5, 0.6) is 5.75 Å². The summed E-state index contributed by atoms with van der Waals surface area (Å²) in [6.45, 7) is -1.74. The van der Waals surface area contributed by atoms with Gasteiger partial charge in [0.2, 0.25) is 4.73 Å². The van der Waals surface area contributed by atoms with Crippen molar-refractivity contribution in [1.82, 2.24) is 25.1 Å². The second-order valence-corrected chi connectivity index (χ2v) is 7.58. The Morgan fingerprint density at radius 1 is 1.06 bits per heavy atom. The lowest BCUT2D eigenvalue weighted by atomic mass is 10.0. The lowest BCUT2D eigenvalue weighted by molar-refractivity contribution is -0.143. The lowest BCUT2D eigenvalue weighted by Gasteiger charge is -2.17. The molecule has 1 N–H and O–H groups in total. The molecule has 0 saturated carbocycles. The van der Waals surface area contributed by atoms with Crippen LogP contribution >= 0.6 is 15.9 Å². The van der Waals surface area contributed by atoms with Crippen LogP contribution in [0.1, 0.15) is 40.3 Å². The fourth-order valence-corrected chi connectivity index (χ4v) is 3.19. The zero-order valence-electron chi connectivity index (χ0n) is 17.1. The second-order valence-electron chi connectivity index (χ2n) is 6.87. The van der Waals surface area contributed by atoms with Gasteiger partial charge in [-0.3, -0.25) is 4.79 Å². The van der Waals surface area contributed by atoms with Crippen LogP contribution in [0.15, 0.2) is 41.3 Å². The Labute approximate surface area is 199 Å². The topological polar surface area (TPSA) is 81.9 Å². The number of halogens is 9. The Kier molecular flexibility index (Phi) is 7.33. The summed E-state index contributed by atoms with van der Waals surface area (Å²) < 4.78 is 108. The summed E-state index contributed by atoms with van der Waals surface area (Å²) in [5.41, 5.74) is -4.17. The zero-order valence-corrected chi connectivity index (χ0v) is 18.7. The number of amides is 1. The van der Waals surface area contributed by atoms with Gasteiger partial charge in [-0.25, -0.2) is 9.97 Å². The van der Waals surface area contributed by atoms with Crippen LogP contribution < -0.4 is 10.1 Å². The molecule has 0 bridgehead atoms. The quantitative estimate of drug-likeness (QED) is 0.391. The molecular formula is C19H12BrF8N5O2. The van der Waals surface area contributed by atoms with E-state index in [1.54, 1.807) is 0 Å². The molecule has 16 heteroatoms. The zero-order chi connectivity index (χ0) is 26.1. The summed E-state index contributed by atoms with van der Waals surface area (Å²) in [5, 5.41) is 6.25. The number of carbonyl (C=O) groups excluding carboxylic acids is 1. The van der Waals surface area contributed by atoms with Gasteiger partial charge < -0.3 is 10.1 Å². The number of aromatic nitrogens is 4. The van der Waals surface area contributed by atoms with Crippen molar-refractivity contribution in [2.75, 3.05) is 0 Å². The molecule has 1 unspecified atom stereocenters. The van der Waals surface area contributed by atoms with Crippen molar-refractivity contribution < 1.29 is 44.7 Å². The first-order valence-electron chi connectivity index (χ1n) is 9.29. The number of hydrogen-bond donors (Lipinski definition) is 1. The summed E-state index contributed by atoms with van der Waals surface area (Å²) >= 11 is 3.01. The molecule has 0 aliphatic carbocycles. The second kappa shape index (κ2) is 9.75. The van der Waals surface area contributed by atoms with Crippen LogP contribution in [0.25, 0.3) is 5.82 Å². The molecule has 3 aromatic rings. The van der Waals surface area contributed by atoms with Crippen molar-refractivity contribution in [2.24, 2.45) is 0 Å².